The van der Waals surface area contributed by atoms with Gasteiger partial charge in [0.2, 0.25) is 0 Å². The lowest BCUT2D eigenvalue weighted by atomic mass is 9.91. The molecule has 0 spiro atoms. The Labute approximate surface area is 141 Å². The number of aldehydes is 1. The predicted molar refractivity (Wildman–Crippen MR) is 94.1 cm³/mol. The highest BCUT2D eigenvalue weighted by Gasteiger charge is 2.19. The Morgan fingerprint density at radius 2 is 2.22 bits per heavy atom. The first-order valence-electron chi connectivity index (χ1n) is 7.36. The SMILES string of the molecule is CN1CCSC1=N/C(=C(/C#N)C=O)c1ccc(C(C)(C)C)nc1. The molecule has 0 N–H and O–H groups in total. The van der Waals surface area contributed by atoms with Crippen LogP contribution in [0.4, 0.5) is 0 Å². The molecule has 1 aliphatic rings. The van der Waals surface area contributed by atoms with Crippen LogP contribution in [-0.2, 0) is 10.2 Å². The highest BCUT2D eigenvalue weighted by Crippen LogP contribution is 2.26. The Morgan fingerprint density at radius 1 is 1.48 bits per heavy atom. The molecule has 1 saturated heterocycles. The smallest absolute Gasteiger partial charge is 0.164 e. The van der Waals surface area contributed by atoms with Crippen molar-refractivity contribution in [3.63, 3.8) is 0 Å². The number of hydrogen-bond acceptors (Lipinski definition) is 5. The minimum atomic E-state index is -0.0570. The van der Waals surface area contributed by atoms with Gasteiger partial charge in [0.05, 0.1) is 5.70 Å². The number of nitrogens with zero attached hydrogens (tertiary/aromatic N) is 4. The number of aromatic nitrogens is 1. The Balaban J connectivity index is 2.50. The van der Waals surface area contributed by atoms with Crippen LogP contribution in [0.5, 0.6) is 0 Å². The van der Waals surface area contributed by atoms with Gasteiger partial charge in [0.1, 0.15) is 11.6 Å². The van der Waals surface area contributed by atoms with Crippen molar-refractivity contribution in [2.75, 3.05) is 19.3 Å². The van der Waals surface area contributed by atoms with Crippen LogP contribution in [0.2, 0.25) is 0 Å². The summed E-state index contributed by atoms with van der Waals surface area (Å²) in [6.07, 6.45) is 2.23. The Morgan fingerprint density at radius 3 is 2.65 bits per heavy atom. The van der Waals surface area contributed by atoms with Gasteiger partial charge in [0, 0.05) is 42.2 Å². The van der Waals surface area contributed by atoms with Crippen LogP contribution in [0.25, 0.3) is 5.70 Å². The van der Waals surface area contributed by atoms with Crippen LogP contribution in [-0.4, -0.2) is 40.7 Å². The normalized spacial score (nSPS) is 17.9. The molecule has 120 valence electrons. The number of amidine groups is 1. The van der Waals surface area contributed by atoms with E-state index >= 15 is 0 Å². The summed E-state index contributed by atoms with van der Waals surface area (Å²) >= 11 is 1.62. The van der Waals surface area contributed by atoms with E-state index < -0.39 is 0 Å². The molecule has 0 radical (unpaired) electrons. The zero-order valence-electron chi connectivity index (χ0n) is 13.8. The molecule has 6 heteroatoms. The molecule has 0 unspecified atom stereocenters. The average Bonchev–Trinajstić information content (AvgIpc) is 2.92. The van der Waals surface area contributed by atoms with Crippen LogP contribution in [0.1, 0.15) is 32.0 Å². The third kappa shape index (κ3) is 3.99. The maximum absolute atomic E-state index is 11.2. The maximum atomic E-state index is 11.2. The second kappa shape index (κ2) is 6.97. The maximum Gasteiger partial charge on any atom is 0.164 e. The molecule has 2 heterocycles. The van der Waals surface area contributed by atoms with E-state index in [1.165, 1.54) is 0 Å². The highest BCUT2D eigenvalue weighted by atomic mass is 32.2. The van der Waals surface area contributed by atoms with Crippen molar-refractivity contribution in [3.8, 4) is 6.07 Å². The average molecular weight is 328 g/mol. The molecular formula is C17H20N4OS. The van der Waals surface area contributed by atoms with Crippen molar-refractivity contribution in [2.45, 2.75) is 26.2 Å². The van der Waals surface area contributed by atoms with Crippen molar-refractivity contribution >= 4 is 28.9 Å². The van der Waals surface area contributed by atoms with Gasteiger partial charge in [-0.2, -0.15) is 5.26 Å². The second-order valence-electron chi connectivity index (χ2n) is 6.34. The Hall–Kier alpha value is -2.13. The molecular weight excluding hydrogens is 308 g/mol. The van der Waals surface area contributed by atoms with E-state index in [1.807, 2.05) is 30.1 Å². The van der Waals surface area contributed by atoms with Crippen LogP contribution in [0.3, 0.4) is 0 Å². The number of carbonyl (C=O) groups excluding carboxylic acids is 1. The molecule has 0 atom stereocenters. The summed E-state index contributed by atoms with van der Waals surface area (Å²) in [7, 11) is 1.95. The van der Waals surface area contributed by atoms with Crippen molar-refractivity contribution in [1.29, 1.82) is 5.26 Å². The molecule has 1 aromatic heterocycles. The first-order valence-corrected chi connectivity index (χ1v) is 8.34. The number of aliphatic imine (C=N–C) groups is 1. The standard InChI is InChI=1S/C17H20N4OS/c1-17(2,3)14-6-5-12(10-19-14)15(13(9-18)11-22)20-16-21(4)7-8-23-16/h5-6,10-11H,7-8H2,1-4H3/b15-13-,20-16?. The monoisotopic (exact) mass is 328 g/mol. The third-order valence-electron chi connectivity index (χ3n) is 3.49. The fourth-order valence-electron chi connectivity index (χ4n) is 2.09. The number of rotatable bonds is 3. The number of pyridine rings is 1. The number of allylic oxidation sites excluding steroid dienone is 1. The molecule has 1 fully saturated rings. The third-order valence-corrected chi connectivity index (χ3v) is 4.54. The lowest BCUT2D eigenvalue weighted by Gasteiger charge is -2.18. The summed E-state index contributed by atoms with van der Waals surface area (Å²) in [5.74, 6) is 0.951. The molecule has 1 aliphatic heterocycles. The van der Waals surface area contributed by atoms with Crippen molar-refractivity contribution in [2.24, 2.45) is 4.99 Å². The van der Waals surface area contributed by atoms with Crippen LogP contribution >= 0.6 is 11.8 Å². The molecule has 0 aromatic carbocycles. The zero-order valence-corrected chi connectivity index (χ0v) is 14.6. The Bertz CT molecular complexity index is 693. The van der Waals surface area contributed by atoms with Gasteiger partial charge in [0.25, 0.3) is 0 Å². The second-order valence-corrected chi connectivity index (χ2v) is 7.40. The molecule has 1 aromatic rings. The topological polar surface area (TPSA) is 69.3 Å². The lowest BCUT2D eigenvalue weighted by Crippen LogP contribution is -2.18. The molecule has 5 nitrogen and oxygen atoms in total. The van der Waals surface area contributed by atoms with Gasteiger partial charge >= 0.3 is 0 Å². The number of thioether (sulfide) groups is 1. The van der Waals surface area contributed by atoms with E-state index in [-0.39, 0.29) is 11.0 Å². The van der Waals surface area contributed by atoms with E-state index in [0.29, 0.717) is 17.5 Å². The fourth-order valence-corrected chi connectivity index (χ4v) is 3.10. The summed E-state index contributed by atoms with van der Waals surface area (Å²) in [4.78, 5) is 22.3. The summed E-state index contributed by atoms with van der Waals surface area (Å²) in [6, 6.07) is 5.72. The molecule has 0 amide bonds. The minimum absolute atomic E-state index is 0.0173. The van der Waals surface area contributed by atoms with E-state index in [2.05, 4.69) is 30.7 Å². The Kier molecular flexibility index (Phi) is 5.22. The van der Waals surface area contributed by atoms with Crippen molar-refractivity contribution < 1.29 is 4.79 Å². The van der Waals surface area contributed by atoms with Gasteiger partial charge in [-0.1, -0.05) is 32.5 Å². The molecule has 0 bridgehead atoms. The van der Waals surface area contributed by atoms with Gasteiger partial charge in [-0.3, -0.25) is 9.78 Å². The summed E-state index contributed by atoms with van der Waals surface area (Å²) < 4.78 is 0. The molecule has 23 heavy (non-hydrogen) atoms. The zero-order chi connectivity index (χ0) is 17.0. The largest absolute Gasteiger partial charge is 0.353 e. The predicted octanol–water partition coefficient (Wildman–Crippen LogP) is 2.85. The van der Waals surface area contributed by atoms with Gasteiger partial charge in [-0.25, -0.2) is 4.99 Å². The van der Waals surface area contributed by atoms with Gasteiger partial charge in [-0.15, -0.1) is 0 Å². The van der Waals surface area contributed by atoms with Crippen molar-refractivity contribution in [1.82, 2.24) is 9.88 Å². The molecule has 2 rings (SSSR count). The summed E-state index contributed by atoms with van der Waals surface area (Å²) in [5, 5.41) is 10.0. The first-order chi connectivity index (χ1) is 10.9. The van der Waals surface area contributed by atoms with Gasteiger partial charge in [0.15, 0.2) is 11.5 Å². The van der Waals surface area contributed by atoms with E-state index in [4.69, 9.17) is 0 Å². The lowest BCUT2D eigenvalue weighted by molar-refractivity contribution is -0.104. The van der Waals surface area contributed by atoms with E-state index in [1.54, 1.807) is 18.0 Å². The van der Waals surface area contributed by atoms with Crippen LogP contribution in [0, 0.1) is 11.3 Å². The van der Waals surface area contributed by atoms with E-state index in [9.17, 15) is 10.1 Å². The fraction of sp³-hybridized carbons (Fsp3) is 0.412. The van der Waals surface area contributed by atoms with Crippen molar-refractivity contribution in [3.05, 3.63) is 35.2 Å². The summed E-state index contributed by atoms with van der Waals surface area (Å²) in [5.41, 5.74) is 1.97. The molecule has 0 aliphatic carbocycles. The van der Waals surface area contributed by atoms with Gasteiger partial charge < -0.3 is 4.90 Å². The number of nitriles is 1. The van der Waals surface area contributed by atoms with E-state index in [0.717, 1.165) is 23.2 Å². The van der Waals surface area contributed by atoms with Crippen LogP contribution < -0.4 is 0 Å². The number of hydrogen-bond donors (Lipinski definition) is 0. The molecule has 0 saturated carbocycles. The first kappa shape index (κ1) is 17.2. The van der Waals surface area contributed by atoms with Crippen LogP contribution in [0.15, 0.2) is 28.9 Å². The highest BCUT2D eigenvalue weighted by molar-refractivity contribution is 8.14. The minimum Gasteiger partial charge on any atom is -0.353 e. The van der Waals surface area contributed by atoms with Gasteiger partial charge in [-0.05, 0) is 12.1 Å². The summed E-state index contributed by atoms with van der Waals surface area (Å²) in [6.45, 7) is 7.16. The quantitative estimate of drug-likeness (QED) is 0.485. The number of carbonyl (C=O) groups is 1.